The van der Waals surface area contributed by atoms with E-state index >= 15 is 0 Å². The summed E-state index contributed by atoms with van der Waals surface area (Å²) in [5.74, 6) is -1.62. The number of rotatable bonds is 4. The number of fused-ring (bicyclic) bond motifs is 1. The van der Waals surface area contributed by atoms with Crippen molar-refractivity contribution in [1.29, 1.82) is 0 Å². The minimum Gasteiger partial charge on any atom is -0.335 e. The van der Waals surface area contributed by atoms with E-state index in [0.717, 1.165) is 44.3 Å². The zero-order valence-electron chi connectivity index (χ0n) is 16.7. The van der Waals surface area contributed by atoms with Gasteiger partial charge in [-0.3, -0.25) is 4.90 Å². The van der Waals surface area contributed by atoms with Crippen molar-refractivity contribution in [3.63, 3.8) is 0 Å². The normalized spacial score (nSPS) is 19.8. The molecule has 1 saturated heterocycles. The molecule has 2 aliphatic rings. The molecule has 2 N–H and O–H groups in total. The van der Waals surface area contributed by atoms with Crippen LogP contribution in [0, 0.1) is 18.6 Å². The van der Waals surface area contributed by atoms with Crippen molar-refractivity contribution in [3.05, 3.63) is 70.3 Å². The lowest BCUT2D eigenvalue weighted by molar-refractivity contribution is 0.185. The average Bonchev–Trinajstić information content (AvgIpc) is 3.08. The fourth-order valence-electron chi connectivity index (χ4n) is 4.41. The SMILES string of the molecule is Cc1ccc2c(c1)CC[C@H]2NC(=O)NC1CCN(Cc2ccc(F)c(F)c2)CC1. The van der Waals surface area contributed by atoms with Crippen LogP contribution in [0.4, 0.5) is 13.6 Å². The highest BCUT2D eigenvalue weighted by Crippen LogP contribution is 2.31. The van der Waals surface area contributed by atoms with Crippen molar-refractivity contribution in [1.82, 2.24) is 15.5 Å². The molecular weight excluding hydrogens is 372 g/mol. The Morgan fingerprint density at radius 2 is 1.83 bits per heavy atom. The Kier molecular flexibility index (Phi) is 5.81. The zero-order chi connectivity index (χ0) is 20.4. The predicted molar refractivity (Wildman–Crippen MR) is 109 cm³/mol. The van der Waals surface area contributed by atoms with E-state index in [0.29, 0.717) is 6.54 Å². The number of likely N-dealkylation sites (tertiary alicyclic amines) is 1. The van der Waals surface area contributed by atoms with Crippen molar-refractivity contribution in [2.45, 2.75) is 51.2 Å². The zero-order valence-corrected chi connectivity index (χ0v) is 16.7. The standard InChI is InChI=1S/C23H27F2N3O/c1-15-2-5-19-17(12-15)4-7-22(19)27-23(29)26-18-8-10-28(11-9-18)14-16-3-6-20(24)21(25)13-16/h2-3,5-6,12-13,18,22H,4,7-11,14H2,1H3,(H2,26,27,29)/t22-/m1/s1. The molecule has 1 aliphatic carbocycles. The summed E-state index contributed by atoms with van der Waals surface area (Å²) in [6, 6.07) is 10.6. The van der Waals surface area contributed by atoms with Crippen molar-refractivity contribution >= 4 is 6.03 Å². The summed E-state index contributed by atoms with van der Waals surface area (Å²) >= 11 is 0. The Balaban J connectivity index is 1.24. The maximum absolute atomic E-state index is 13.4. The van der Waals surface area contributed by atoms with Crippen LogP contribution in [0.25, 0.3) is 0 Å². The van der Waals surface area contributed by atoms with Gasteiger partial charge in [-0.1, -0.05) is 29.8 Å². The van der Waals surface area contributed by atoms with E-state index in [9.17, 15) is 13.6 Å². The van der Waals surface area contributed by atoms with Gasteiger partial charge in [-0.15, -0.1) is 0 Å². The molecule has 29 heavy (non-hydrogen) atoms. The number of hydrogen-bond acceptors (Lipinski definition) is 2. The van der Waals surface area contributed by atoms with E-state index in [-0.39, 0.29) is 18.1 Å². The van der Waals surface area contributed by atoms with Gasteiger partial charge in [0, 0.05) is 25.7 Å². The van der Waals surface area contributed by atoms with Gasteiger partial charge in [0.2, 0.25) is 0 Å². The van der Waals surface area contributed by atoms with Gasteiger partial charge in [-0.2, -0.15) is 0 Å². The van der Waals surface area contributed by atoms with Crippen LogP contribution in [-0.4, -0.2) is 30.1 Å². The van der Waals surface area contributed by atoms with Crippen molar-refractivity contribution in [2.75, 3.05) is 13.1 Å². The van der Waals surface area contributed by atoms with E-state index in [4.69, 9.17) is 0 Å². The van der Waals surface area contributed by atoms with Gasteiger partial charge < -0.3 is 10.6 Å². The molecule has 154 valence electrons. The van der Waals surface area contributed by atoms with Gasteiger partial charge >= 0.3 is 6.03 Å². The molecule has 1 fully saturated rings. The summed E-state index contributed by atoms with van der Waals surface area (Å²) < 4.78 is 26.4. The highest BCUT2D eigenvalue weighted by Gasteiger charge is 2.26. The molecule has 2 amide bonds. The number of halogens is 2. The first-order valence-corrected chi connectivity index (χ1v) is 10.3. The van der Waals surface area contributed by atoms with Gasteiger partial charge in [-0.05, 0) is 61.4 Å². The second kappa shape index (κ2) is 8.49. The maximum Gasteiger partial charge on any atom is 0.315 e. The number of carbonyl (C=O) groups excluding carboxylic acids is 1. The Morgan fingerprint density at radius 3 is 2.59 bits per heavy atom. The highest BCUT2D eigenvalue weighted by molar-refractivity contribution is 5.75. The van der Waals surface area contributed by atoms with E-state index in [2.05, 4.69) is 40.7 Å². The number of hydrogen-bond donors (Lipinski definition) is 2. The molecule has 4 nitrogen and oxygen atoms in total. The lowest BCUT2D eigenvalue weighted by Gasteiger charge is -2.32. The molecule has 0 radical (unpaired) electrons. The molecule has 0 unspecified atom stereocenters. The van der Waals surface area contributed by atoms with Crippen LogP contribution >= 0.6 is 0 Å². The summed E-state index contributed by atoms with van der Waals surface area (Å²) in [6.45, 7) is 4.31. The third kappa shape index (κ3) is 4.75. The first-order valence-electron chi connectivity index (χ1n) is 10.3. The summed E-state index contributed by atoms with van der Waals surface area (Å²) in [5, 5.41) is 6.23. The molecule has 0 aromatic heterocycles. The smallest absolute Gasteiger partial charge is 0.315 e. The van der Waals surface area contributed by atoms with E-state index in [1.165, 1.54) is 28.8 Å². The predicted octanol–water partition coefficient (Wildman–Crippen LogP) is 4.22. The summed E-state index contributed by atoms with van der Waals surface area (Å²) in [6.07, 6.45) is 3.64. The Labute approximate surface area is 170 Å². The van der Waals surface area contributed by atoms with Crippen molar-refractivity contribution in [2.24, 2.45) is 0 Å². The Hall–Kier alpha value is -2.47. The number of carbonyl (C=O) groups is 1. The lowest BCUT2D eigenvalue weighted by Crippen LogP contribution is -2.48. The molecule has 1 heterocycles. The number of amides is 2. The number of nitrogens with zero attached hydrogens (tertiary/aromatic N) is 1. The molecule has 1 aliphatic heterocycles. The molecule has 0 spiro atoms. The third-order valence-corrected chi connectivity index (χ3v) is 5.99. The van der Waals surface area contributed by atoms with Crippen LogP contribution < -0.4 is 10.6 Å². The number of urea groups is 1. The molecule has 1 atom stereocenters. The largest absolute Gasteiger partial charge is 0.335 e. The maximum atomic E-state index is 13.4. The van der Waals surface area contributed by atoms with Gasteiger partial charge in [-0.25, -0.2) is 13.6 Å². The van der Waals surface area contributed by atoms with Crippen LogP contribution in [0.5, 0.6) is 0 Å². The number of benzene rings is 2. The topological polar surface area (TPSA) is 44.4 Å². The number of piperidine rings is 1. The summed E-state index contributed by atoms with van der Waals surface area (Å²) in [7, 11) is 0. The van der Waals surface area contributed by atoms with Crippen molar-refractivity contribution in [3.8, 4) is 0 Å². The molecule has 2 aromatic rings. The third-order valence-electron chi connectivity index (χ3n) is 5.99. The fraction of sp³-hybridized carbons (Fsp3) is 0.435. The van der Waals surface area contributed by atoms with Crippen LogP contribution in [0.2, 0.25) is 0 Å². The van der Waals surface area contributed by atoms with Crippen LogP contribution in [-0.2, 0) is 13.0 Å². The quantitative estimate of drug-likeness (QED) is 0.808. The average molecular weight is 399 g/mol. The lowest BCUT2D eigenvalue weighted by atomic mass is 10.0. The first kappa shape index (κ1) is 19.8. The van der Waals surface area contributed by atoms with Crippen LogP contribution in [0.3, 0.4) is 0 Å². The highest BCUT2D eigenvalue weighted by atomic mass is 19.2. The Bertz CT molecular complexity index is 894. The molecule has 4 rings (SSSR count). The van der Waals surface area contributed by atoms with Crippen LogP contribution in [0.1, 0.15) is 47.6 Å². The second-order valence-electron chi connectivity index (χ2n) is 8.21. The minimum absolute atomic E-state index is 0.0825. The van der Waals surface area contributed by atoms with E-state index in [1.807, 2.05) is 0 Å². The minimum atomic E-state index is -0.817. The summed E-state index contributed by atoms with van der Waals surface area (Å²) in [4.78, 5) is 14.7. The molecule has 0 bridgehead atoms. The first-order chi connectivity index (χ1) is 14.0. The van der Waals surface area contributed by atoms with Gasteiger partial charge in [0.05, 0.1) is 6.04 Å². The summed E-state index contributed by atoms with van der Waals surface area (Å²) in [5.41, 5.74) is 4.58. The fourth-order valence-corrected chi connectivity index (χ4v) is 4.41. The van der Waals surface area contributed by atoms with Gasteiger partial charge in [0.1, 0.15) is 0 Å². The molecule has 2 aromatic carbocycles. The van der Waals surface area contributed by atoms with Gasteiger partial charge in [0.15, 0.2) is 11.6 Å². The van der Waals surface area contributed by atoms with E-state index in [1.54, 1.807) is 6.07 Å². The molecular formula is C23H27F2N3O. The Morgan fingerprint density at radius 1 is 1.03 bits per heavy atom. The molecule has 0 saturated carbocycles. The van der Waals surface area contributed by atoms with E-state index < -0.39 is 11.6 Å². The number of aryl methyl sites for hydroxylation is 2. The second-order valence-corrected chi connectivity index (χ2v) is 8.21. The molecule has 6 heteroatoms. The van der Waals surface area contributed by atoms with Gasteiger partial charge in [0.25, 0.3) is 0 Å². The van der Waals surface area contributed by atoms with Crippen molar-refractivity contribution < 1.29 is 13.6 Å². The van der Waals surface area contributed by atoms with Crippen LogP contribution in [0.15, 0.2) is 36.4 Å². The number of nitrogens with one attached hydrogen (secondary N) is 2. The monoisotopic (exact) mass is 399 g/mol.